The summed E-state index contributed by atoms with van der Waals surface area (Å²) in [5.41, 5.74) is 0. The van der Waals surface area contributed by atoms with E-state index in [0.717, 1.165) is 12.8 Å². The molecule has 0 unspecified atom stereocenters. The van der Waals surface area contributed by atoms with Gasteiger partial charge >= 0.3 is 0 Å². The molecule has 0 radical (unpaired) electrons. The highest BCUT2D eigenvalue weighted by Gasteiger charge is 2.37. The average molecular weight is 401 g/mol. The smallest absolute Gasteiger partial charge is 0.111 e. The van der Waals surface area contributed by atoms with Gasteiger partial charge in [-0.2, -0.15) is 0 Å². The molecule has 0 saturated carbocycles. The molecule has 5 heteroatoms. The third-order valence-corrected chi connectivity index (χ3v) is 5.44. The maximum absolute atomic E-state index is 9.82. The highest BCUT2D eigenvalue weighted by molar-refractivity contribution is 4.86. The summed E-state index contributed by atoms with van der Waals surface area (Å²) in [4.78, 5) is 0. The van der Waals surface area contributed by atoms with Crippen LogP contribution in [0.15, 0.2) is 12.2 Å². The second-order valence-electron chi connectivity index (χ2n) is 8.08. The zero-order valence-electron chi connectivity index (χ0n) is 17.9. The molecule has 1 saturated heterocycles. The Morgan fingerprint density at radius 3 is 2.00 bits per heavy atom. The average Bonchev–Trinajstić information content (AvgIpc) is 2.70. The standard InChI is InChI=1S/C23H44O5/c1-2-3-4-5-6-7-8-9-10-11-12-13-14-15-16-17-27-19-21-23(26)22(25)20(24)18-28-21/h6-7,20-26H,2-5,8-19H2,1H3/b7-6+/t20-,21+,22+,23+/m1/s1. The molecule has 1 aliphatic rings. The number of unbranched alkanes of at least 4 members (excludes halogenated alkanes) is 11. The Balaban J connectivity index is 1.80. The van der Waals surface area contributed by atoms with Crippen molar-refractivity contribution in [2.45, 2.75) is 115 Å². The predicted octanol–water partition coefficient (Wildman–Crippen LogP) is 4.13. The van der Waals surface area contributed by atoms with E-state index in [1.807, 2.05) is 0 Å². The summed E-state index contributed by atoms with van der Waals surface area (Å²) >= 11 is 0. The fourth-order valence-corrected chi connectivity index (χ4v) is 3.49. The van der Waals surface area contributed by atoms with Gasteiger partial charge in [-0.15, -0.1) is 0 Å². The molecule has 0 amide bonds. The first-order valence-electron chi connectivity index (χ1n) is 11.5. The Hall–Kier alpha value is -0.460. The summed E-state index contributed by atoms with van der Waals surface area (Å²) in [5.74, 6) is 0. The Kier molecular flexibility index (Phi) is 15.9. The van der Waals surface area contributed by atoms with Crippen LogP contribution in [-0.4, -0.2) is 59.6 Å². The molecule has 28 heavy (non-hydrogen) atoms. The van der Waals surface area contributed by atoms with Gasteiger partial charge in [-0.1, -0.05) is 70.4 Å². The quantitative estimate of drug-likeness (QED) is 0.253. The van der Waals surface area contributed by atoms with E-state index < -0.39 is 24.4 Å². The van der Waals surface area contributed by atoms with Crippen molar-refractivity contribution in [2.75, 3.05) is 19.8 Å². The van der Waals surface area contributed by atoms with E-state index in [-0.39, 0.29) is 13.2 Å². The molecule has 0 aromatic carbocycles. The van der Waals surface area contributed by atoms with Gasteiger partial charge in [0.05, 0.1) is 13.2 Å². The molecule has 0 spiro atoms. The topological polar surface area (TPSA) is 79.2 Å². The zero-order valence-corrected chi connectivity index (χ0v) is 17.9. The lowest BCUT2D eigenvalue weighted by Crippen LogP contribution is -2.54. The molecule has 3 N–H and O–H groups in total. The summed E-state index contributed by atoms with van der Waals surface area (Å²) in [7, 11) is 0. The monoisotopic (exact) mass is 400 g/mol. The predicted molar refractivity (Wildman–Crippen MR) is 113 cm³/mol. The summed E-state index contributed by atoms with van der Waals surface area (Å²) < 4.78 is 10.9. The van der Waals surface area contributed by atoms with Crippen LogP contribution in [0.5, 0.6) is 0 Å². The summed E-state index contributed by atoms with van der Waals surface area (Å²) in [5, 5.41) is 28.9. The first-order chi connectivity index (χ1) is 13.7. The van der Waals surface area contributed by atoms with Gasteiger partial charge in [0.15, 0.2) is 0 Å². The minimum atomic E-state index is -1.15. The largest absolute Gasteiger partial charge is 0.388 e. The van der Waals surface area contributed by atoms with Crippen molar-refractivity contribution in [3.05, 3.63) is 12.2 Å². The van der Waals surface area contributed by atoms with Gasteiger partial charge in [0.1, 0.15) is 24.4 Å². The van der Waals surface area contributed by atoms with E-state index in [1.165, 1.54) is 70.6 Å². The zero-order chi connectivity index (χ0) is 20.5. The first kappa shape index (κ1) is 25.6. The van der Waals surface area contributed by atoms with Gasteiger partial charge in [-0.3, -0.25) is 0 Å². The van der Waals surface area contributed by atoms with E-state index in [0.29, 0.717) is 6.61 Å². The normalized spacial score (nSPS) is 25.6. The first-order valence-corrected chi connectivity index (χ1v) is 11.5. The molecule has 1 aliphatic heterocycles. The van der Waals surface area contributed by atoms with Crippen molar-refractivity contribution in [3.63, 3.8) is 0 Å². The third kappa shape index (κ3) is 12.2. The highest BCUT2D eigenvalue weighted by Crippen LogP contribution is 2.16. The molecule has 0 aromatic rings. The van der Waals surface area contributed by atoms with Crippen molar-refractivity contribution in [2.24, 2.45) is 0 Å². The van der Waals surface area contributed by atoms with Crippen LogP contribution in [0.2, 0.25) is 0 Å². The van der Waals surface area contributed by atoms with Crippen LogP contribution in [0.4, 0.5) is 0 Å². The number of allylic oxidation sites excluding steroid dienone is 2. The maximum atomic E-state index is 9.82. The van der Waals surface area contributed by atoms with Crippen molar-refractivity contribution in [1.29, 1.82) is 0 Å². The van der Waals surface area contributed by atoms with E-state index >= 15 is 0 Å². The van der Waals surface area contributed by atoms with Crippen LogP contribution in [0.3, 0.4) is 0 Å². The summed E-state index contributed by atoms with van der Waals surface area (Å²) in [6.07, 6.45) is 17.4. The van der Waals surface area contributed by atoms with Crippen LogP contribution in [0.25, 0.3) is 0 Å². The SMILES string of the molecule is CCCCC/C=C/CCCCCCCCCCOC[C@@H]1OC[C@@H](O)[C@H](O)[C@H]1O. The molecular weight excluding hydrogens is 356 g/mol. The third-order valence-electron chi connectivity index (χ3n) is 5.44. The number of ether oxygens (including phenoxy) is 2. The van der Waals surface area contributed by atoms with E-state index in [1.54, 1.807) is 0 Å². The van der Waals surface area contributed by atoms with Gasteiger partial charge < -0.3 is 24.8 Å². The Morgan fingerprint density at radius 1 is 0.786 bits per heavy atom. The Morgan fingerprint density at radius 2 is 1.36 bits per heavy atom. The van der Waals surface area contributed by atoms with Crippen LogP contribution in [-0.2, 0) is 9.47 Å². The molecule has 166 valence electrons. The van der Waals surface area contributed by atoms with Crippen molar-refractivity contribution in [1.82, 2.24) is 0 Å². The second kappa shape index (κ2) is 17.4. The molecule has 1 fully saturated rings. The van der Waals surface area contributed by atoms with Crippen LogP contribution < -0.4 is 0 Å². The van der Waals surface area contributed by atoms with E-state index in [4.69, 9.17) is 9.47 Å². The van der Waals surface area contributed by atoms with E-state index in [9.17, 15) is 15.3 Å². The van der Waals surface area contributed by atoms with Gasteiger partial charge in [0.2, 0.25) is 0 Å². The number of rotatable bonds is 17. The number of aliphatic hydroxyl groups excluding tert-OH is 3. The number of aliphatic hydroxyl groups is 3. The molecule has 0 aliphatic carbocycles. The maximum Gasteiger partial charge on any atom is 0.111 e. The lowest BCUT2D eigenvalue weighted by Gasteiger charge is -2.35. The fourth-order valence-electron chi connectivity index (χ4n) is 3.49. The molecule has 1 heterocycles. The van der Waals surface area contributed by atoms with Crippen LogP contribution in [0.1, 0.15) is 90.4 Å². The number of hydrogen-bond acceptors (Lipinski definition) is 5. The molecule has 0 aromatic heterocycles. The second-order valence-corrected chi connectivity index (χ2v) is 8.08. The van der Waals surface area contributed by atoms with Crippen LogP contribution in [0, 0.1) is 0 Å². The van der Waals surface area contributed by atoms with Gasteiger partial charge in [0, 0.05) is 6.61 Å². The van der Waals surface area contributed by atoms with Gasteiger partial charge in [-0.05, 0) is 32.1 Å². The molecule has 4 atom stereocenters. The van der Waals surface area contributed by atoms with Crippen LogP contribution >= 0.6 is 0 Å². The van der Waals surface area contributed by atoms with Crippen molar-refractivity contribution < 1.29 is 24.8 Å². The van der Waals surface area contributed by atoms with Crippen molar-refractivity contribution in [3.8, 4) is 0 Å². The lowest BCUT2D eigenvalue weighted by atomic mass is 10.0. The fraction of sp³-hybridized carbons (Fsp3) is 0.913. The minimum Gasteiger partial charge on any atom is -0.388 e. The highest BCUT2D eigenvalue weighted by atomic mass is 16.6. The summed E-state index contributed by atoms with van der Waals surface area (Å²) in [6, 6.07) is 0. The number of hydrogen-bond donors (Lipinski definition) is 3. The van der Waals surface area contributed by atoms with Crippen molar-refractivity contribution >= 4 is 0 Å². The van der Waals surface area contributed by atoms with Gasteiger partial charge in [-0.25, -0.2) is 0 Å². The minimum absolute atomic E-state index is 0.0432. The van der Waals surface area contributed by atoms with Gasteiger partial charge in [0.25, 0.3) is 0 Å². The lowest BCUT2D eigenvalue weighted by molar-refractivity contribution is -0.199. The molecule has 0 bridgehead atoms. The molecule has 5 nitrogen and oxygen atoms in total. The molecule has 1 rings (SSSR count). The molecular formula is C23H44O5. The Labute approximate surface area is 172 Å². The van der Waals surface area contributed by atoms with E-state index in [2.05, 4.69) is 19.1 Å². The Bertz CT molecular complexity index is 374. The summed E-state index contributed by atoms with van der Waals surface area (Å²) in [6.45, 7) is 3.20.